The molecule has 4 aromatic carbocycles. The molecule has 0 aromatic heterocycles. The van der Waals surface area contributed by atoms with Crippen molar-refractivity contribution in [1.29, 1.82) is 0 Å². The van der Waals surface area contributed by atoms with Gasteiger partial charge in [0, 0.05) is 86.2 Å². The second-order valence-corrected chi connectivity index (χ2v) is 16.1. The van der Waals surface area contributed by atoms with Gasteiger partial charge in [-0.15, -0.1) is 0 Å². The van der Waals surface area contributed by atoms with Crippen molar-refractivity contribution in [2.45, 2.75) is 59.2 Å². The Hall–Kier alpha value is -4.84. The number of nitrogens with zero attached hydrogens (tertiary/aromatic N) is 8. The van der Waals surface area contributed by atoms with Crippen molar-refractivity contribution >= 4 is 34.1 Å². The zero-order valence-corrected chi connectivity index (χ0v) is 32.1. The smallest absolute Gasteiger partial charge is 0.143 e. The quantitative estimate of drug-likeness (QED) is 0.248. The lowest BCUT2D eigenvalue weighted by atomic mass is 9.95. The van der Waals surface area contributed by atoms with Crippen LogP contribution in [0.4, 0.5) is 34.1 Å². The van der Waals surface area contributed by atoms with Crippen LogP contribution in [-0.2, 0) is 39.3 Å². The molecule has 1 N–H and O–H groups in total. The predicted molar refractivity (Wildman–Crippen MR) is 216 cm³/mol. The molecule has 0 saturated heterocycles. The Morgan fingerprint density at radius 2 is 0.981 bits per heavy atom. The van der Waals surface area contributed by atoms with Crippen molar-refractivity contribution in [2.75, 3.05) is 96.5 Å². The van der Waals surface area contributed by atoms with E-state index in [4.69, 9.17) is 9.47 Å². The minimum absolute atomic E-state index is 0.150. The summed E-state index contributed by atoms with van der Waals surface area (Å²) in [5, 5.41) is 11.6. The van der Waals surface area contributed by atoms with E-state index in [1.165, 1.54) is 67.5 Å². The molecule has 10 rings (SSSR count). The van der Waals surface area contributed by atoms with Crippen molar-refractivity contribution in [1.82, 2.24) is 9.80 Å². The Morgan fingerprint density at radius 1 is 0.537 bits per heavy atom. The van der Waals surface area contributed by atoms with Gasteiger partial charge in [-0.05, 0) is 74.5 Å². The molecule has 6 aliphatic rings. The molecule has 0 atom stereocenters. The van der Waals surface area contributed by atoms with Crippen LogP contribution in [0.25, 0.3) is 0 Å². The summed E-state index contributed by atoms with van der Waals surface area (Å²) in [7, 11) is 4.37. The molecule has 282 valence electrons. The van der Waals surface area contributed by atoms with E-state index >= 15 is 0 Å². The molecule has 0 unspecified atom stereocenters. The topological polar surface area (TPSA) is 64.6 Å². The fourth-order valence-electron chi connectivity index (χ4n) is 10.0. The summed E-state index contributed by atoms with van der Waals surface area (Å²) >= 11 is 0. The van der Waals surface area contributed by atoms with Gasteiger partial charge in [-0.1, -0.05) is 36.4 Å². The third kappa shape index (κ3) is 5.50. The minimum atomic E-state index is -0.808. The van der Waals surface area contributed by atoms with Gasteiger partial charge in [-0.3, -0.25) is 9.80 Å². The van der Waals surface area contributed by atoms with E-state index < -0.39 is 6.10 Å². The fraction of sp³-hybridized carbons (Fsp3) is 0.442. The van der Waals surface area contributed by atoms with Gasteiger partial charge in [0.25, 0.3) is 0 Å². The maximum Gasteiger partial charge on any atom is 0.143 e. The van der Waals surface area contributed by atoms with Crippen LogP contribution in [-0.4, -0.2) is 88.1 Å². The molecule has 4 aromatic rings. The molecule has 4 bridgehead atoms. The van der Waals surface area contributed by atoms with E-state index in [1.54, 1.807) is 0 Å². The normalized spacial score (nSPS) is 18.6. The molecule has 0 aliphatic carbocycles. The van der Waals surface area contributed by atoms with E-state index in [1.807, 2.05) is 0 Å². The molecule has 11 heteroatoms. The number of rotatable bonds is 8. The van der Waals surface area contributed by atoms with Gasteiger partial charge in [0.1, 0.15) is 30.8 Å². The Morgan fingerprint density at radius 3 is 1.43 bits per heavy atom. The van der Waals surface area contributed by atoms with Crippen LogP contribution in [0.3, 0.4) is 0 Å². The van der Waals surface area contributed by atoms with Crippen LogP contribution in [0.5, 0.6) is 11.5 Å². The summed E-state index contributed by atoms with van der Waals surface area (Å²) in [6.45, 7) is 15.2. The van der Waals surface area contributed by atoms with Crippen LogP contribution >= 0.6 is 0 Å². The van der Waals surface area contributed by atoms with Crippen LogP contribution in [0, 0.1) is 0 Å². The maximum absolute atomic E-state index is 11.6. The number of aliphatic hydroxyl groups is 1. The zero-order chi connectivity index (χ0) is 36.7. The molecular weight excluding hydrogens is 677 g/mol. The number of hydrogen-bond donors (Lipinski definition) is 1. The highest BCUT2D eigenvalue weighted by atomic mass is 16.5. The number of para-hydroxylation sites is 2. The Bertz CT molecular complexity index is 1960. The number of aliphatic hydroxyl groups excluding tert-OH is 1. The standard InChI is InChI=1S/C43H52N8O3/c1-5-46-25-44(3)17-31-15-38(42-34(40(31)46)21-48-27-50(42)19-29-11-7-9-13-36(29)48)53-23-33(52)24-54-39-16-32-18-45(4)26-47(6-2)41(32)35-22-49-28-51(43(35)39)20-30-12-8-10-14-37(30)49/h7-16,33,52H,5-6,17-28H2,1-4H3. The summed E-state index contributed by atoms with van der Waals surface area (Å²) in [6, 6.07) is 22.0. The number of fused-ring (bicyclic) bond motifs is 16. The van der Waals surface area contributed by atoms with Crippen LogP contribution < -0.4 is 38.9 Å². The van der Waals surface area contributed by atoms with Crippen molar-refractivity contribution in [3.8, 4) is 11.5 Å². The monoisotopic (exact) mass is 728 g/mol. The number of benzene rings is 4. The number of hydrogen-bond acceptors (Lipinski definition) is 11. The first-order valence-electron chi connectivity index (χ1n) is 19.7. The highest BCUT2D eigenvalue weighted by Crippen LogP contribution is 2.51. The number of ether oxygens (including phenoxy) is 2. The summed E-state index contributed by atoms with van der Waals surface area (Å²) < 4.78 is 13.4. The highest BCUT2D eigenvalue weighted by molar-refractivity contribution is 5.83. The second kappa shape index (κ2) is 13.2. The van der Waals surface area contributed by atoms with Gasteiger partial charge < -0.3 is 44.0 Å². The molecule has 6 aliphatic heterocycles. The van der Waals surface area contributed by atoms with Gasteiger partial charge in [0.2, 0.25) is 0 Å². The van der Waals surface area contributed by atoms with Gasteiger partial charge in [0.15, 0.2) is 0 Å². The fourth-order valence-corrected chi connectivity index (χ4v) is 10.0. The first kappa shape index (κ1) is 33.7. The molecule has 0 saturated carbocycles. The van der Waals surface area contributed by atoms with Crippen molar-refractivity contribution in [3.05, 3.63) is 94.0 Å². The molecular formula is C43H52N8O3. The number of anilines is 6. The van der Waals surface area contributed by atoms with Crippen molar-refractivity contribution < 1.29 is 14.6 Å². The summed E-state index contributed by atoms with van der Waals surface area (Å²) in [5.74, 6) is 1.71. The van der Waals surface area contributed by atoms with Crippen LogP contribution in [0.2, 0.25) is 0 Å². The van der Waals surface area contributed by atoms with E-state index in [9.17, 15) is 5.11 Å². The predicted octanol–water partition coefficient (Wildman–Crippen LogP) is 5.56. The summed E-state index contributed by atoms with van der Waals surface area (Å²) in [6.07, 6.45) is -0.808. The molecule has 0 spiro atoms. The van der Waals surface area contributed by atoms with Crippen molar-refractivity contribution in [2.24, 2.45) is 0 Å². The average molecular weight is 729 g/mol. The van der Waals surface area contributed by atoms with Crippen LogP contribution in [0.15, 0.2) is 60.7 Å². The first-order valence-corrected chi connectivity index (χ1v) is 19.7. The Labute approximate surface area is 319 Å². The summed E-state index contributed by atoms with van der Waals surface area (Å²) in [5.41, 5.74) is 15.6. The first-order chi connectivity index (χ1) is 26.4. The van der Waals surface area contributed by atoms with E-state index in [0.29, 0.717) is 0 Å². The molecule has 54 heavy (non-hydrogen) atoms. The van der Waals surface area contributed by atoms with Gasteiger partial charge in [-0.25, -0.2) is 0 Å². The lowest BCUT2D eigenvalue weighted by Crippen LogP contribution is -2.48. The molecule has 0 radical (unpaired) electrons. The molecule has 0 fully saturated rings. The van der Waals surface area contributed by atoms with Gasteiger partial charge in [-0.2, -0.15) is 0 Å². The second-order valence-electron chi connectivity index (χ2n) is 16.1. The van der Waals surface area contributed by atoms with Gasteiger partial charge in [0.05, 0.1) is 38.0 Å². The third-order valence-corrected chi connectivity index (χ3v) is 12.2. The largest absolute Gasteiger partial charge is 0.489 e. The highest BCUT2D eigenvalue weighted by Gasteiger charge is 2.39. The molecule has 0 amide bonds. The lowest BCUT2D eigenvalue weighted by Gasteiger charge is -2.48. The average Bonchev–Trinajstić information content (AvgIpc) is 3.18. The Balaban J connectivity index is 0.942. The summed E-state index contributed by atoms with van der Waals surface area (Å²) in [4.78, 5) is 19.6. The lowest BCUT2D eigenvalue weighted by molar-refractivity contribution is 0.0627. The van der Waals surface area contributed by atoms with E-state index in [-0.39, 0.29) is 13.2 Å². The SMILES string of the molecule is CCN1CN(C)Cc2cc(OCC(O)COc3cc4c(c5c3N3Cc6ccccc6N(C5)C3)N(CC)CN(C)C4)c3c(c21)CN1CN3Cc2ccccc21. The minimum Gasteiger partial charge on any atom is -0.489 e. The molecule has 6 heterocycles. The zero-order valence-electron chi connectivity index (χ0n) is 32.1. The Kier molecular flexibility index (Phi) is 8.23. The van der Waals surface area contributed by atoms with Gasteiger partial charge >= 0.3 is 0 Å². The van der Waals surface area contributed by atoms with Crippen molar-refractivity contribution in [3.63, 3.8) is 0 Å². The third-order valence-electron chi connectivity index (χ3n) is 12.2. The van der Waals surface area contributed by atoms with E-state index in [2.05, 4.69) is 128 Å². The maximum atomic E-state index is 11.6. The van der Waals surface area contributed by atoms with E-state index in [0.717, 1.165) is 90.5 Å². The van der Waals surface area contributed by atoms with Crippen LogP contribution in [0.1, 0.15) is 47.2 Å². The molecule has 11 nitrogen and oxygen atoms in total.